The number of aliphatic hydroxyl groups excluding tert-OH is 4. The molecule has 0 saturated carbocycles. The molecule has 1 fully saturated rings. The van der Waals surface area contributed by atoms with Crippen LogP contribution in [0.15, 0.2) is 0 Å². The van der Waals surface area contributed by atoms with E-state index < -0.39 is 37.3 Å². The summed E-state index contributed by atoms with van der Waals surface area (Å²) in [5, 5.41) is 44.4. The van der Waals surface area contributed by atoms with Crippen molar-refractivity contribution >= 4 is 0 Å². The molecule has 1 aliphatic rings. The smallest absolute Gasteiger partial charge is 0.184 e. The second-order valence-electron chi connectivity index (χ2n) is 2.80. The molecule has 1 saturated heterocycles. The summed E-state index contributed by atoms with van der Waals surface area (Å²) >= 11 is 0. The van der Waals surface area contributed by atoms with Gasteiger partial charge in [0.15, 0.2) is 12.4 Å². The largest absolute Gasteiger partial charge is 0.394 e. The average Bonchev–Trinajstić information content (AvgIpc) is 2.12. The Bertz CT molecular complexity index is 163. The third kappa shape index (κ3) is 1.97. The summed E-state index contributed by atoms with van der Waals surface area (Å²) in [7, 11) is 0. The summed E-state index contributed by atoms with van der Waals surface area (Å²) in [5.41, 5.74) is 0. The lowest BCUT2D eigenvalue weighted by atomic mass is 9.99. The molecule has 7 nitrogen and oxygen atoms in total. The molecule has 5 N–H and O–H groups in total. The first kappa shape index (κ1) is 10.8. The minimum Gasteiger partial charge on any atom is -0.394 e. The summed E-state index contributed by atoms with van der Waals surface area (Å²) in [6, 6.07) is 0. The van der Waals surface area contributed by atoms with Crippen molar-refractivity contribution < 1.29 is 35.3 Å². The molecule has 13 heavy (non-hydrogen) atoms. The molecule has 7 heteroatoms. The van der Waals surface area contributed by atoms with Crippen molar-refractivity contribution in [2.45, 2.75) is 30.7 Å². The maximum absolute atomic E-state index is 9.28. The van der Waals surface area contributed by atoms with Gasteiger partial charge in [0.1, 0.15) is 18.3 Å². The third-order valence-electron chi connectivity index (χ3n) is 1.96. The number of rotatable bonds is 2. The van der Waals surface area contributed by atoms with Crippen molar-refractivity contribution in [3.05, 3.63) is 0 Å². The summed E-state index contributed by atoms with van der Waals surface area (Å²) in [5.74, 6) is 0. The molecular formula is C6H12O7. The Kier molecular flexibility index (Phi) is 3.56. The zero-order valence-electron chi connectivity index (χ0n) is 6.65. The van der Waals surface area contributed by atoms with Gasteiger partial charge in [-0.3, -0.25) is 5.26 Å². The summed E-state index contributed by atoms with van der Waals surface area (Å²) in [4.78, 5) is 3.77. The van der Waals surface area contributed by atoms with Crippen LogP contribution in [0.5, 0.6) is 0 Å². The van der Waals surface area contributed by atoms with Gasteiger partial charge in [0.25, 0.3) is 0 Å². The van der Waals surface area contributed by atoms with Gasteiger partial charge in [0.2, 0.25) is 0 Å². The van der Waals surface area contributed by atoms with Gasteiger partial charge in [-0.1, -0.05) is 0 Å². The molecule has 0 spiro atoms. The van der Waals surface area contributed by atoms with E-state index in [0.29, 0.717) is 0 Å². The molecule has 0 aromatic rings. The van der Waals surface area contributed by atoms with Crippen LogP contribution in [-0.2, 0) is 9.62 Å². The lowest BCUT2D eigenvalue weighted by Crippen LogP contribution is -2.59. The Hall–Kier alpha value is -0.280. The Morgan fingerprint density at radius 3 is 2.23 bits per heavy atom. The standard InChI is InChI=1S/C6H12O7/c7-1-2-3(8)5(13-11)4(9)6(10)12-2/h2-11H,1H2/t2-,3-,4-,5+,6+/m1/s1. The lowest BCUT2D eigenvalue weighted by molar-refractivity contribution is -0.372. The van der Waals surface area contributed by atoms with Crippen LogP contribution in [0.1, 0.15) is 0 Å². The molecule has 0 radical (unpaired) electrons. The second kappa shape index (κ2) is 4.29. The quantitative estimate of drug-likeness (QED) is 0.240. The highest BCUT2D eigenvalue weighted by Crippen LogP contribution is 2.21. The zero-order chi connectivity index (χ0) is 10.0. The molecule has 1 heterocycles. The molecule has 0 aromatic heterocycles. The van der Waals surface area contributed by atoms with Crippen molar-refractivity contribution in [1.29, 1.82) is 0 Å². The van der Waals surface area contributed by atoms with Crippen LogP contribution in [0.4, 0.5) is 0 Å². The van der Waals surface area contributed by atoms with Crippen LogP contribution in [0, 0.1) is 0 Å². The predicted octanol–water partition coefficient (Wildman–Crippen LogP) is -2.72. The Morgan fingerprint density at radius 1 is 1.15 bits per heavy atom. The van der Waals surface area contributed by atoms with Crippen LogP contribution >= 0.6 is 0 Å². The first-order valence-corrected chi connectivity index (χ1v) is 3.72. The Balaban J connectivity index is 2.69. The van der Waals surface area contributed by atoms with Gasteiger partial charge in [-0.15, -0.1) is 0 Å². The van der Waals surface area contributed by atoms with Crippen molar-refractivity contribution in [1.82, 2.24) is 0 Å². The van der Waals surface area contributed by atoms with E-state index in [2.05, 4.69) is 9.62 Å². The normalized spacial score (nSPS) is 46.4. The highest BCUT2D eigenvalue weighted by molar-refractivity contribution is 4.88. The van der Waals surface area contributed by atoms with Crippen molar-refractivity contribution in [2.75, 3.05) is 6.61 Å². The van der Waals surface area contributed by atoms with Gasteiger partial charge in [-0.2, -0.15) is 0 Å². The van der Waals surface area contributed by atoms with E-state index in [1.165, 1.54) is 0 Å². The average molecular weight is 196 g/mol. The highest BCUT2D eigenvalue weighted by atomic mass is 17.1. The van der Waals surface area contributed by atoms with Crippen molar-refractivity contribution in [3.8, 4) is 0 Å². The van der Waals surface area contributed by atoms with Gasteiger partial charge < -0.3 is 25.2 Å². The summed E-state index contributed by atoms with van der Waals surface area (Å²) in [6.45, 7) is -0.551. The summed E-state index contributed by atoms with van der Waals surface area (Å²) in [6.07, 6.45) is -7.02. The lowest BCUT2D eigenvalue weighted by Gasteiger charge is -2.38. The van der Waals surface area contributed by atoms with Crippen molar-refractivity contribution in [2.24, 2.45) is 0 Å². The predicted molar refractivity (Wildman–Crippen MR) is 37.5 cm³/mol. The minimum absolute atomic E-state index is 0.551. The van der Waals surface area contributed by atoms with E-state index >= 15 is 0 Å². The zero-order valence-corrected chi connectivity index (χ0v) is 6.65. The molecule has 5 atom stereocenters. The van der Waals surface area contributed by atoms with Gasteiger partial charge in [0, 0.05) is 0 Å². The highest BCUT2D eigenvalue weighted by Gasteiger charge is 2.44. The molecular weight excluding hydrogens is 184 g/mol. The number of hydrogen-bond acceptors (Lipinski definition) is 7. The maximum Gasteiger partial charge on any atom is 0.184 e. The second-order valence-corrected chi connectivity index (χ2v) is 2.80. The fraction of sp³-hybridized carbons (Fsp3) is 1.00. The van der Waals surface area contributed by atoms with E-state index in [-0.39, 0.29) is 0 Å². The molecule has 0 aliphatic carbocycles. The van der Waals surface area contributed by atoms with Crippen molar-refractivity contribution in [3.63, 3.8) is 0 Å². The Morgan fingerprint density at radius 2 is 1.77 bits per heavy atom. The van der Waals surface area contributed by atoms with Crippen LogP contribution in [0.3, 0.4) is 0 Å². The van der Waals surface area contributed by atoms with E-state index in [4.69, 9.17) is 20.6 Å². The SMILES string of the molecule is OC[C@H]1O[C@H](O)[C@H](O)[C@@H](OO)[C@@H]1O. The Labute approximate surface area is 73.7 Å². The van der Waals surface area contributed by atoms with Gasteiger partial charge >= 0.3 is 0 Å². The van der Waals surface area contributed by atoms with Gasteiger partial charge in [-0.25, -0.2) is 4.89 Å². The molecule has 0 amide bonds. The fourth-order valence-electron chi connectivity index (χ4n) is 1.19. The molecule has 1 aliphatic heterocycles. The van der Waals surface area contributed by atoms with Gasteiger partial charge in [0.05, 0.1) is 6.61 Å². The van der Waals surface area contributed by atoms with E-state index in [1.807, 2.05) is 0 Å². The summed E-state index contributed by atoms with van der Waals surface area (Å²) < 4.78 is 4.61. The molecule has 0 aromatic carbocycles. The topological polar surface area (TPSA) is 120 Å². The fourth-order valence-corrected chi connectivity index (χ4v) is 1.19. The third-order valence-corrected chi connectivity index (χ3v) is 1.96. The number of aliphatic hydroxyl groups is 4. The van der Waals surface area contributed by atoms with E-state index in [1.54, 1.807) is 0 Å². The van der Waals surface area contributed by atoms with E-state index in [9.17, 15) is 5.11 Å². The molecule has 78 valence electrons. The van der Waals surface area contributed by atoms with Crippen LogP contribution < -0.4 is 0 Å². The van der Waals surface area contributed by atoms with E-state index in [0.717, 1.165) is 0 Å². The molecule has 1 rings (SSSR count). The van der Waals surface area contributed by atoms with Crippen LogP contribution in [0.2, 0.25) is 0 Å². The maximum atomic E-state index is 9.28. The van der Waals surface area contributed by atoms with Crippen LogP contribution in [0.25, 0.3) is 0 Å². The molecule has 0 bridgehead atoms. The molecule has 0 unspecified atom stereocenters. The first-order chi connectivity index (χ1) is 6.11. The monoisotopic (exact) mass is 196 g/mol. The number of ether oxygens (including phenoxy) is 1. The number of hydrogen-bond donors (Lipinski definition) is 5. The first-order valence-electron chi connectivity index (χ1n) is 3.72. The van der Waals surface area contributed by atoms with Gasteiger partial charge in [-0.05, 0) is 0 Å². The minimum atomic E-state index is -1.60. The van der Waals surface area contributed by atoms with Crippen LogP contribution in [-0.4, -0.2) is 63.0 Å².